The number of sulfonamides is 1. The molecule has 0 unspecified atom stereocenters. The Kier molecular flexibility index (Phi) is 3.73. The third kappa shape index (κ3) is 3.19. The molecule has 1 aliphatic rings. The molecule has 1 saturated carbocycles. The molecule has 1 fully saturated rings. The second-order valence-corrected chi connectivity index (χ2v) is 6.41. The van der Waals surface area contributed by atoms with Crippen LogP contribution >= 0.6 is 11.6 Å². The molecule has 0 radical (unpaired) electrons. The van der Waals surface area contributed by atoms with Gasteiger partial charge in [0, 0.05) is 13.1 Å². The van der Waals surface area contributed by atoms with Crippen molar-refractivity contribution in [1.29, 1.82) is 0 Å². The molecule has 0 bridgehead atoms. The minimum absolute atomic E-state index is 0.122. The Morgan fingerprint density at radius 2 is 2.12 bits per heavy atom. The Hall–Kier alpha value is -0.620. The Morgan fingerprint density at radius 3 is 2.65 bits per heavy atom. The lowest BCUT2D eigenvalue weighted by Gasteiger charge is -2.08. The molecular formula is C11H15ClN2O2S. The maximum absolute atomic E-state index is 12.0. The fourth-order valence-electron chi connectivity index (χ4n) is 1.52. The lowest BCUT2D eigenvalue weighted by atomic mass is 10.2. The van der Waals surface area contributed by atoms with Crippen LogP contribution in [-0.2, 0) is 16.6 Å². The van der Waals surface area contributed by atoms with Crippen molar-refractivity contribution in [3.8, 4) is 0 Å². The smallest absolute Gasteiger partial charge is 0.242 e. The van der Waals surface area contributed by atoms with Crippen LogP contribution in [0.25, 0.3) is 0 Å². The van der Waals surface area contributed by atoms with E-state index in [1.165, 1.54) is 6.07 Å². The van der Waals surface area contributed by atoms with Crippen molar-refractivity contribution in [2.24, 2.45) is 11.7 Å². The Bertz CT molecular complexity index is 512. The van der Waals surface area contributed by atoms with Gasteiger partial charge in [0.15, 0.2) is 0 Å². The van der Waals surface area contributed by atoms with Gasteiger partial charge in [0.2, 0.25) is 10.0 Å². The molecule has 4 nitrogen and oxygen atoms in total. The van der Waals surface area contributed by atoms with Crippen LogP contribution < -0.4 is 10.5 Å². The maximum atomic E-state index is 12.0. The van der Waals surface area contributed by atoms with E-state index >= 15 is 0 Å². The molecular weight excluding hydrogens is 260 g/mol. The molecule has 1 aromatic carbocycles. The van der Waals surface area contributed by atoms with E-state index < -0.39 is 10.0 Å². The lowest BCUT2D eigenvalue weighted by Crippen LogP contribution is -2.26. The molecule has 0 saturated heterocycles. The zero-order chi connectivity index (χ0) is 12.5. The average Bonchev–Trinajstić information content (AvgIpc) is 3.09. The summed E-state index contributed by atoms with van der Waals surface area (Å²) < 4.78 is 26.5. The summed E-state index contributed by atoms with van der Waals surface area (Å²) in [5.74, 6) is 0.492. The molecule has 94 valence electrons. The van der Waals surface area contributed by atoms with Crippen molar-refractivity contribution in [3.05, 3.63) is 28.8 Å². The van der Waals surface area contributed by atoms with Gasteiger partial charge in [-0.25, -0.2) is 13.1 Å². The van der Waals surface area contributed by atoms with Crippen LogP contribution in [0.2, 0.25) is 5.02 Å². The highest BCUT2D eigenvalue weighted by molar-refractivity contribution is 7.89. The fourth-order valence-corrected chi connectivity index (χ4v) is 3.20. The van der Waals surface area contributed by atoms with E-state index in [4.69, 9.17) is 17.3 Å². The summed E-state index contributed by atoms with van der Waals surface area (Å²) in [4.78, 5) is 0.122. The number of nitrogens with two attached hydrogens (primary N) is 1. The first-order valence-corrected chi connectivity index (χ1v) is 7.37. The van der Waals surface area contributed by atoms with E-state index in [-0.39, 0.29) is 9.92 Å². The Balaban J connectivity index is 2.19. The van der Waals surface area contributed by atoms with Gasteiger partial charge in [-0.05, 0) is 36.5 Å². The molecule has 6 heteroatoms. The quantitative estimate of drug-likeness (QED) is 0.854. The molecule has 0 aromatic heterocycles. The summed E-state index contributed by atoms with van der Waals surface area (Å²) >= 11 is 5.95. The number of rotatable bonds is 5. The van der Waals surface area contributed by atoms with Gasteiger partial charge in [-0.2, -0.15) is 0 Å². The highest BCUT2D eigenvalue weighted by Crippen LogP contribution is 2.29. The SMILES string of the molecule is NCc1ccc(S(=O)(=O)NCC2CC2)c(Cl)c1. The molecule has 0 heterocycles. The van der Waals surface area contributed by atoms with Crippen LogP contribution in [-0.4, -0.2) is 15.0 Å². The highest BCUT2D eigenvalue weighted by atomic mass is 35.5. The Morgan fingerprint density at radius 1 is 1.41 bits per heavy atom. The van der Waals surface area contributed by atoms with Crippen LogP contribution in [0.3, 0.4) is 0 Å². The summed E-state index contributed by atoms with van der Waals surface area (Å²) in [6, 6.07) is 4.77. The van der Waals surface area contributed by atoms with Gasteiger partial charge in [0.1, 0.15) is 4.90 Å². The lowest BCUT2D eigenvalue weighted by molar-refractivity contribution is 0.577. The van der Waals surface area contributed by atoms with Crippen LogP contribution in [0.4, 0.5) is 0 Å². The van der Waals surface area contributed by atoms with Gasteiger partial charge in [-0.3, -0.25) is 0 Å². The molecule has 2 rings (SSSR count). The standard InChI is InChI=1S/C11H15ClN2O2S/c12-10-5-9(6-13)3-4-11(10)17(15,16)14-7-8-1-2-8/h3-5,8,14H,1-2,6-7,13H2. The van der Waals surface area contributed by atoms with Gasteiger partial charge >= 0.3 is 0 Å². The van der Waals surface area contributed by atoms with Crippen molar-refractivity contribution in [3.63, 3.8) is 0 Å². The van der Waals surface area contributed by atoms with Gasteiger partial charge in [-0.15, -0.1) is 0 Å². The third-order valence-electron chi connectivity index (χ3n) is 2.78. The topological polar surface area (TPSA) is 72.2 Å². The van der Waals surface area contributed by atoms with Crippen molar-refractivity contribution < 1.29 is 8.42 Å². The van der Waals surface area contributed by atoms with E-state index in [9.17, 15) is 8.42 Å². The van der Waals surface area contributed by atoms with Gasteiger partial charge < -0.3 is 5.73 Å². The molecule has 0 aliphatic heterocycles. The van der Waals surface area contributed by atoms with Crippen LogP contribution in [0.1, 0.15) is 18.4 Å². The minimum atomic E-state index is -3.49. The number of nitrogens with one attached hydrogen (secondary N) is 1. The zero-order valence-electron chi connectivity index (χ0n) is 9.32. The first kappa shape index (κ1) is 12.8. The van der Waals surface area contributed by atoms with Crippen molar-refractivity contribution >= 4 is 21.6 Å². The van der Waals surface area contributed by atoms with E-state index in [1.54, 1.807) is 12.1 Å². The molecule has 0 amide bonds. The third-order valence-corrected chi connectivity index (χ3v) is 4.69. The number of hydrogen-bond donors (Lipinski definition) is 2. The minimum Gasteiger partial charge on any atom is -0.326 e. The molecule has 0 spiro atoms. The van der Waals surface area contributed by atoms with Crippen LogP contribution in [0.5, 0.6) is 0 Å². The van der Waals surface area contributed by atoms with E-state index in [0.717, 1.165) is 18.4 Å². The predicted molar refractivity (Wildman–Crippen MR) is 67.3 cm³/mol. The second kappa shape index (κ2) is 4.94. The normalized spacial score (nSPS) is 16.1. The summed E-state index contributed by atoms with van der Waals surface area (Å²) in [5.41, 5.74) is 6.28. The van der Waals surface area contributed by atoms with E-state index in [0.29, 0.717) is 19.0 Å². The molecule has 3 N–H and O–H groups in total. The monoisotopic (exact) mass is 274 g/mol. The number of halogens is 1. The van der Waals surface area contributed by atoms with Crippen molar-refractivity contribution in [1.82, 2.24) is 4.72 Å². The first-order valence-electron chi connectivity index (χ1n) is 5.51. The van der Waals surface area contributed by atoms with Crippen LogP contribution in [0, 0.1) is 5.92 Å². The summed E-state index contributed by atoms with van der Waals surface area (Å²) in [6.07, 6.45) is 2.20. The molecule has 1 aromatic rings. The maximum Gasteiger partial charge on any atom is 0.242 e. The molecule has 1 aliphatic carbocycles. The predicted octanol–water partition coefficient (Wildman–Crippen LogP) is 1.49. The van der Waals surface area contributed by atoms with E-state index in [2.05, 4.69) is 4.72 Å². The van der Waals surface area contributed by atoms with Crippen molar-refractivity contribution in [2.75, 3.05) is 6.54 Å². The molecule has 17 heavy (non-hydrogen) atoms. The number of benzene rings is 1. The zero-order valence-corrected chi connectivity index (χ0v) is 10.9. The summed E-state index contributed by atoms with van der Waals surface area (Å²) in [7, 11) is -3.49. The van der Waals surface area contributed by atoms with Crippen LogP contribution in [0.15, 0.2) is 23.1 Å². The van der Waals surface area contributed by atoms with Crippen molar-refractivity contribution in [2.45, 2.75) is 24.3 Å². The van der Waals surface area contributed by atoms with Gasteiger partial charge in [-0.1, -0.05) is 17.7 Å². The average molecular weight is 275 g/mol. The fraction of sp³-hybridized carbons (Fsp3) is 0.455. The molecule has 0 atom stereocenters. The van der Waals surface area contributed by atoms with E-state index in [1.807, 2.05) is 0 Å². The second-order valence-electron chi connectivity index (χ2n) is 4.26. The highest BCUT2D eigenvalue weighted by Gasteiger charge is 2.25. The summed E-state index contributed by atoms with van der Waals surface area (Å²) in [5, 5.41) is 0.219. The largest absolute Gasteiger partial charge is 0.326 e. The van der Waals surface area contributed by atoms with Gasteiger partial charge in [0.05, 0.1) is 5.02 Å². The summed E-state index contributed by atoms with van der Waals surface area (Å²) in [6.45, 7) is 0.840. The first-order chi connectivity index (χ1) is 8.03. The van der Waals surface area contributed by atoms with Gasteiger partial charge in [0.25, 0.3) is 0 Å². The Labute approximate surface area is 106 Å². The number of hydrogen-bond acceptors (Lipinski definition) is 3.